The minimum atomic E-state index is 0.649. The first-order chi connectivity index (χ1) is 5.36. The maximum Gasteiger partial charge on any atom is 0.0668 e. The maximum atomic E-state index is 4.37. The van der Waals surface area contributed by atoms with Gasteiger partial charge in [0.25, 0.3) is 0 Å². The highest BCUT2D eigenvalue weighted by Crippen LogP contribution is 2.19. The van der Waals surface area contributed by atoms with Crippen molar-refractivity contribution in [2.45, 2.75) is 12.3 Å². The van der Waals surface area contributed by atoms with E-state index in [0.717, 1.165) is 13.1 Å². The molecule has 11 heavy (non-hydrogen) atoms. The van der Waals surface area contributed by atoms with Crippen molar-refractivity contribution in [3.63, 3.8) is 0 Å². The Kier molecular flexibility index (Phi) is 1.66. The molecular weight excluding hydrogens is 138 g/mol. The number of aromatic nitrogens is 2. The zero-order chi connectivity index (χ0) is 7.68. The lowest BCUT2D eigenvalue weighted by Gasteiger charge is -2.01. The highest BCUT2D eigenvalue weighted by molar-refractivity contribution is 5.08. The van der Waals surface area contributed by atoms with Gasteiger partial charge in [-0.25, -0.2) is 0 Å². The summed E-state index contributed by atoms with van der Waals surface area (Å²) < 4.78 is 1.87. The molecule has 3 heteroatoms. The van der Waals surface area contributed by atoms with Crippen LogP contribution in [-0.4, -0.2) is 22.9 Å². The van der Waals surface area contributed by atoms with E-state index in [2.05, 4.69) is 16.5 Å². The molecule has 3 nitrogen and oxygen atoms in total. The molecular formula is C8H13N3. The van der Waals surface area contributed by atoms with E-state index in [1.165, 1.54) is 12.1 Å². The lowest BCUT2D eigenvalue weighted by Crippen LogP contribution is -2.08. The highest BCUT2D eigenvalue weighted by atomic mass is 15.2. The summed E-state index contributed by atoms with van der Waals surface area (Å²) in [5.41, 5.74) is 1.23. The molecule has 1 saturated heterocycles. The average Bonchev–Trinajstić information content (AvgIpc) is 2.55. The van der Waals surface area contributed by atoms with Crippen molar-refractivity contribution in [1.82, 2.24) is 15.1 Å². The molecule has 1 aromatic rings. The molecule has 1 atom stereocenters. The molecule has 1 aliphatic heterocycles. The van der Waals surface area contributed by atoms with Gasteiger partial charge < -0.3 is 5.32 Å². The Morgan fingerprint density at radius 1 is 1.73 bits per heavy atom. The van der Waals surface area contributed by atoms with Gasteiger partial charge in [-0.05, 0) is 19.0 Å². The fourth-order valence-corrected chi connectivity index (χ4v) is 1.56. The van der Waals surface area contributed by atoms with Crippen LogP contribution >= 0.6 is 0 Å². The first-order valence-corrected chi connectivity index (χ1v) is 4.06. The summed E-state index contributed by atoms with van der Waals surface area (Å²) in [5.74, 6) is 0.649. The molecule has 0 saturated carbocycles. The van der Waals surface area contributed by atoms with Gasteiger partial charge in [0.05, 0.1) is 5.69 Å². The highest BCUT2D eigenvalue weighted by Gasteiger charge is 2.17. The van der Waals surface area contributed by atoms with Gasteiger partial charge >= 0.3 is 0 Å². The molecule has 0 unspecified atom stereocenters. The summed E-state index contributed by atoms with van der Waals surface area (Å²) in [6.07, 6.45) is 3.24. The van der Waals surface area contributed by atoms with E-state index in [0.29, 0.717) is 5.92 Å². The molecule has 1 N–H and O–H groups in total. The van der Waals surface area contributed by atoms with Crippen molar-refractivity contribution < 1.29 is 0 Å². The normalized spacial score (nSPS) is 24.3. The molecule has 2 rings (SSSR count). The topological polar surface area (TPSA) is 29.9 Å². The van der Waals surface area contributed by atoms with Gasteiger partial charge in [-0.3, -0.25) is 4.68 Å². The van der Waals surface area contributed by atoms with Crippen molar-refractivity contribution in [3.8, 4) is 0 Å². The molecule has 2 heterocycles. The van der Waals surface area contributed by atoms with Crippen LogP contribution in [-0.2, 0) is 7.05 Å². The smallest absolute Gasteiger partial charge is 0.0668 e. The van der Waals surface area contributed by atoms with Crippen LogP contribution in [0.15, 0.2) is 12.3 Å². The standard InChI is InChI=1S/C8H13N3/c1-11-5-3-8(10-11)7-2-4-9-6-7/h3,5,7,9H,2,4,6H2,1H3/t7-/m1/s1. The van der Waals surface area contributed by atoms with Gasteiger partial charge in [0.2, 0.25) is 0 Å². The lowest BCUT2D eigenvalue weighted by molar-refractivity contribution is 0.680. The van der Waals surface area contributed by atoms with Crippen LogP contribution in [0.4, 0.5) is 0 Å². The molecule has 0 radical (unpaired) electrons. The summed E-state index contributed by atoms with van der Waals surface area (Å²) in [5, 5.41) is 7.70. The fraction of sp³-hybridized carbons (Fsp3) is 0.625. The minimum absolute atomic E-state index is 0.649. The van der Waals surface area contributed by atoms with Crippen molar-refractivity contribution in [1.29, 1.82) is 0 Å². The van der Waals surface area contributed by atoms with Gasteiger partial charge in [0.15, 0.2) is 0 Å². The second-order valence-corrected chi connectivity index (χ2v) is 3.10. The van der Waals surface area contributed by atoms with Crippen molar-refractivity contribution in [3.05, 3.63) is 18.0 Å². The third-order valence-corrected chi connectivity index (χ3v) is 2.21. The van der Waals surface area contributed by atoms with Crippen LogP contribution in [0.1, 0.15) is 18.0 Å². The summed E-state index contributed by atoms with van der Waals surface area (Å²) in [6.45, 7) is 2.23. The van der Waals surface area contributed by atoms with Crippen LogP contribution < -0.4 is 5.32 Å². The number of hydrogen-bond donors (Lipinski definition) is 1. The van der Waals surface area contributed by atoms with Gasteiger partial charge in [0, 0.05) is 25.7 Å². The van der Waals surface area contributed by atoms with E-state index < -0.39 is 0 Å². The number of aryl methyl sites for hydroxylation is 1. The molecule has 0 bridgehead atoms. The molecule has 1 aliphatic rings. The number of rotatable bonds is 1. The third-order valence-electron chi connectivity index (χ3n) is 2.21. The Morgan fingerprint density at radius 3 is 3.18 bits per heavy atom. The third kappa shape index (κ3) is 1.28. The first kappa shape index (κ1) is 6.85. The molecule has 60 valence electrons. The molecule has 1 aromatic heterocycles. The number of nitrogens with one attached hydrogen (secondary N) is 1. The van der Waals surface area contributed by atoms with Gasteiger partial charge in [-0.1, -0.05) is 0 Å². The van der Waals surface area contributed by atoms with Crippen molar-refractivity contribution in [2.24, 2.45) is 7.05 Å². The lowest BCUT2D eigenvalue weighted by atomic mass is 10.1. The quantitative estimate of drug-likeness (QED) is 0.633. The Hall–Kier alpha value is -0.830. The Balaban J connectivity index is 2.15. The summed E-state index contributed by atoms with van der Waals surface area (Å²) in [7, 11) is 1.96. The van der Waals surface area contributed by atoms with E-state index in [-0.39, 0.29) is 0 Å². The Labute approximate surface area is 66.4 Å². The second-order valence-electron chi connectivity index (χ2n) is 3.10. The SMILES string of the molecule is Cn1ccc([C@@H]2CCNC2)n1. The minimum Gasteiger partial charge on any atom is -0.316 e. The first-order valence-electron chi connectivity index (χ1n) is 4.06. The van der Waals surface area contributed by atoms with Crippen LogP contribution in [0.3, 0.4) is 0 Å². The molecule has 0 amide bonds. The monoisotopic (exact) mass is 151 g/mol. The van der Waals surface area contributed by atoms with E-state index in [1.807, 2.05) is 17.9 Å². The van der Waals surface area contributed by atoms with Gasteiger partial charge in [-0.15, -0.1) is 0 Å². The summed E-state index contributed by atoms with van der Waals surface area (Å²) in [6, 6.07) is 2.11. The van der Waals surface area contributed by atoms with Crippen molar-refractivity contribution >= 4 is 0 Å². The average molecular weight is 151 g/mol. The zero-order valence-corrected chi connectivity index (χ0v) is 6.75. The molecule has 0 aromatic carbocycles. The zero-order valence-electron chi connectivity index (χ0n) is 6.75. The van der Waals surface area contributed by atoms with Crippen LogP contribution in [0.5, 0.6) is 0 Å². The Morgan fingerprint density at radius 2 is 2.64 bits per heavy atom. The predicted octanol–water partition coefficient (Wildman–Crippen LogP) is 0.497. The van der Waals surface area contributed by atoms with Crippen LogP contribution in [0, 0.1) is 0 Å². The van der Waals surface area contributed by atoms with E-state index in [4.69, 9.17) is 0 Å². The predicted molar refractivity (Wildman–Crippen MR) is 43.4 cm³/mol. The Bertz CT molecular complexity index is 235. The van der Waals surface area contributed by atoms with Gasteiger partial charge in [-0.2, -0.15) is 5.10 Å². The van der Waals surface area contributed by atoms with E-state index in [9.17, 15) is 0 Å². The van der Waals surface area contributed by atoms with Crippen LogP contribution in [0.2, 0.25) is 0 Å². The van der Waals surface area contributed by atoms with E-state index >= 15 is 0 Å². The van der Waals surface area contributed by atoms with Gasteiger partial charge in [0.1, 0.15) is 0 Å². The molecule has 0 spiro atoms. The second kappa shape index (κ2) is 2.66. The molecule has 0 aliphatic carbocycles. The largest absolute Gasteiger partial charge is 0.316 e. The molecule has 1 fully saturated rings. The number of nitrogens with zero attached hydrogens (tertiary/aromatic N) is 2. The summed E-state index contributed by atoms with van der Waals surface area (Å²) >= 11 is 0. The van der Waals surface area contributed by atoms with Crippen molar-refractivity contribution in [2.75, 3.05) is 13.1 Å². The summed E-state index contributed by atoms with van der Waals surface area (Å²) in [4.78, 5) is 0. The number of hydrogen-bond acceptors (Lipinski definition) is 2. The van der Waals surface area contributed by atoms with Crippen LogP contribution in [0.25, 0.3) is 0 Å². The maximum absolute atomic E-state index is 4.37. The fourth-order valence-electron chi connectivity index (χ4n) is 1.56. The van der Waals surface area contributed by atoms with E-state index in [1.54, 1.807) is 0 Å².